The fourth-order valence-electron chi connectivity index (χ4n) is 1.99. The number of aromatic nitrogens is 1. The number of rotatable bonds is 3. The lowest BCUT2D eigenvalue weighted by Gasteiger charge is -2.18. The zero-order valence-corrected chi connectivity index (χ0v) is 9.26. The molecule has 2 atom stereocenters. The lowest BCUT2D eigenvalue weighted by atomic mass is 10.2. The molecule has 76 valence electrons. The van der Waals surface area contributed by atoms with Gasteiger partial charge in [0.2, 0.25) is 0 Å². The van der Waals surface area contributed by atoms with E-state index < -0.39 is 0 Å². The molecule has 0 aromatic carbocycles. The second-order valence-corrected chi connectivity index (χ2v) is 4.98. The van der Waals surface area contributed by atoms with E-state index >= 15 is 0 Å². The Morgan fingerprint density at radius 2 is 2.14 bits per heavy atom. The van der Waals surface area contributed by atoms with Gasteiger partial charge in [0.1, 0.15) is 0 Å². The number of hydrogen-bond donors (Lipinski definition) is 1. The molecule has 1 heterocycles. The quantitative estimate of drug-likeness (QED) is 0.825. The Balaban J connectivity index is 1.97. The van der Waals surface area contributed by atoms with E-state index in [-0.39, 0.29) is 0 Å². The van der Waals surface area contributed by atoms with Gasteiger partial charge in [-0.2, -0.15) is 0 Å². The average molecular weight is 208 g/mol. The molecule has 2 unspecified atom stereocenters. The van der Waals surface area contributed by atoms with Crippen molar-refractivity contribution in [2.24, 2.45) is 0 Å². The maximum atomic E-state index is 4.03. The lowest BCUT2D eigenvalue weighted by Crippen LogP contribution is -2.30. The summed E-state index contributed by atoms with van der Waals surface area (Å²) in [5.41, 5.74) is 0. The summed E-state index contributed by atoms with van der Waals surface area (Å²) in [6.45, 7) is 0. The Labute approximate surface area is 89.5 Å². The second kappa shape index (κ2) is 4.80. The van der Waals surface area contributed by atoms with E-state index in [9.17, 15) is 0 Å². The molecule has 0 bridgehead atoms. The standard InChI is InChI=1S/C11H16N2S/c1-12-10-3-2-4-11(10)14-9-5-7-13-8-6-9/h5-8,10-12H,2-4H2,1H3. The van der Waals surface area contributed by atoms with Crippen LogP contribution in [0.1, 0.15) is 19.3 Å². The third-order valence-corrected chi connectivity index (χ3v) is 4.17. The average Bonchev–Trinajstić information content (AvgIpc) is 2.67. The fraction of sp³-hybridized carbons (Fsp3) is 0.545. The van der Waals surface area contributed by atoms with E-state index in [1.807, 2.05) is 24.2 Å². The van der Waals surface area contributed by atoms with Crippen molar-refractivity contribution in [3.63, 3.8) is 0 Å². The molecule has 0 spiro atoms. The third kappa shape index (κ3) is 2.28. The van der Waals surface area contributed by atoms with Crippen molar-refractivity contribution in [3.05, 3.63) is 24.5 Å². The second-order valence-electron chi connectivity index (χ2n) is 3.67. The highest BCUT2D eigenvalue weighted by molar-refractivity contribution is 8.00. The topological polar surface area (TPSA) is 24.9 Å². The number of hydrogen-bond acceptors (Lipinski definition) is 3. The number of pyridine rings is 1. The molecule has 2 rings (SSSR count). The van der Waals surface area contributed by atoms with Crippen LogP contribution in [0, 0.1) is 0 Å². The van der Waals surface area contributed by atoms with E-state index in [1.165, 1.54) is 24.2 Å². The predicted octanol–water partition coefficient (Wildman–Crippen LogP) is 2.31. The van der Waals surface area contributed by atoms with Crippen molar-refractivity contribution in [2.75, 3.05) is 7.05 Å². The summed E-state index contributed by atoms with van der Waals surface area (Å²) in [7, 11) is 2.07. The molecule has 2 nitrogen and oxygen atoms in total. The van der Waals surface area contributed by atoms with Gasteiger partial charge in [0, 0.05) is 28.6 Å². The molecular weight excluding hydrogens is 192 g/mol. The van der Waals surface area contributed by atoms with Crippen LogP contribution in [0.25, 0.3) is 0 Å². The molecular formula is C11H16N2S. The van der Waals surface area contributed by atoms with Gasteiger partial charge in [0.25, 0.3) is 0 Å². The molecule has 1 fully saturated rings. The summed E-state index contributed by atoms with van der Waals surface area (Å²) in [6, 6.07) is 4.87. The first-order valence-corrected chi connectivity index (χ1v) is 6.02. The fourth-order valence-corrected chi connectivity index (χ4v) is 3.34. The van der Waals surface area contributed by atoms with Gasteiger partial charge in [-0.15, -0.1) is 11.8 Å². The lowest BCUT2D eigenvalue weighted by molar-refractivity contribution is 0.591. The predicted molar refractivity (Wildman–Crippen MR) is 60.6 cm³/mol. The Morgan fingerprint density at radius 3 is 2.86 bits per heavy atom. The normalized spacial score (nSPS) is 26.6. The van der Waals surface area contributed by atoms with Gasteiger partial charge in [-0.25, -0.2) is 0 Å². The van der Waals surface area contributed by atoms with Crippen LogP contribution in [-0.2, 0) is 0 Å². The molecule has 0 amide bonds. The van der Waals surface area contributed by atoms with E-state index in [0.717, 1.165) is 5.25 Å². The minimum atomic E-state index is 0.688. The molecule has 1 aliphatic rings. The van der Waals surface area contributed by atoms with Crippen LogP contribution in [-0.4, -0.2) is 23.3 Å². The number of thioether (sulfide) groups is 1. The highest BCUT2D eigenvalue weighted by atomic mass is 32.2. The van der Waals surface area contributed by atoms with Crippen molar-refractivity contribution in [3.8, 4) is 0 Å². The van der Waals surface area contributed by atoms with E-state index in [4.69, 9.17) is 0 Å². The van der Waals surface area contributed by atoms with E-state index in [0.29, 0.717) is 6.04 Å². The summed E-state index contributed by atoms with van der Waals surface area (Å²) >= 11 is 1.98. The van der Waals surface area contributed by atoms with Crippen molar-refractivity contribution in [1.29, 1.82) is 0 Å². The zero-order valence-electron chi connectivity index (χ0n) is 8.44. The first kappa shape index (κ1) is 9.99. The van der Waals surface area contributed by atoms with Crippen molar-refractivity contribution < 1.29 is 0 Å². The van der Waals surface area contributed by atoms with Crippen LogP contribution in [0.4, 0.5) is 0 Å². The molecule has 3 heteroatoms. The van der Waals surface area contributed by atoms with E-state index in [2.05, 4.69) is 29.5 Å². The number of nitrogens with zero attached hydrogens (tertiary/aromatic N) is 1. The van der Waals surface area contributed by atoms with Gasteiger partial charge in [-0.05, 0) is 32.0 Å². The van der Waals surface area contributed by atoms with Gasteiger partial charge in [0.15, 0.2) is 0 Å². The SMILES string of the molecule is CNC1CCCC1Sc1ccncc1. The third-order valence-electron chi connectivity index (χ3n) is 2.76. The van der Waals surface area contributed by atoms with Gasteiger partial charge >= 0.3 is 0 Å². The molecule has 0 saturated heterocycles. The molecule has 1 aliphatic carbocycles. The van der Waals surface area contributed by atoms with E-state index in [1.54, 1.807) is 0 Å². The van der Waals surface area contributed by atoms with Crippen molar-refractivity contribution in [1.82, 2.24) is 10.3 Å². The monoisotopic (exact) mass is 208 g/mol. The molecule has 1 N–H and O–H groups in total. The molecule has 0 radical (unpaired) electrons. The van der Waals surface area contributed by atoms with Gasteiger partial charge in [0.05, 0.1) is 0 Å². The maximum absolute atomic E-state index is 4.03. The van der Waals surface area contributed by atoms with Crippen LogP contribution in [0.3, 0.4) is 0 Å². The summed E-state index contributed by atoms with van der Waals surface area (Å²) < 4.78 is 0. The summed E-state index contributed by atoms with van der Waals surface area (Å²) in [6.07, 6.45) is 7.74. The smallest absolute Gasteiger partial charge is 0.0278 e. The Morgan fingerprint density at radius 1 is 1.36 bits per heavy atom. The molecule has 1 aromatic rings. The highest BCUT2D eigenvalue weighted by Gasteiger charge is 2.26. The van der Waals surface area contributed by atoms with Crippen LogP contribution in [0.15, 0.2) is 29.4 Å². The van der Waals surface area contributed by atoms with Crippen molar-refractivity contribution in [2.45, 2.75) is 35.4 Å². The zero-order chi connectivity index (χ0) is 9.80. The van der Waals surface area contributed by atoms with Crippen LogP contribution < -0.4 is 5.32 Å². The summed E-state index contributed by atoms with van der Waals surface area (Å²) in [4.78, 5) is 5.37. The van der Waals surface area contributed by atoms with Crippen LogP contribution in [0.5, 0.6) is 0 Å². The molecule has 1 aromatic heterocycles. The minimum absolute atomic E-state index is 0.688. The highest BCUT2D eigenvalue weighted by Crippen LogP contribution is 2.34. The first-order valence-electron chi connectivity index (χ1n) is 5.14. The van der Waals surface area contributed by atoms with Gasteiger partial charge < -0.3 is 5.32 Å². The van der Waals surface area contributed by atoms with Gasteiger partial charge in [-0.3, -0.25) is 4.98 Å². The Hall–Kier alpha value is -0.540. The molecule has 1 saturated carbocycles. The summed E-state index contributed by atoms with van der Waals surface area (Å²) in [5.74, 6) is 0. The van der Waals surface area contributed by atoms with Crippen molar-refractivity contribution >= 4 is 11.8 Å². The Kier molecular flexibility index (Phi) is 3.43. The van der Waals surface area contributed by atoms with Crippen LogP contribution in [0.2, 0.25) is 0 Å². The molecule has 14 heavy (non-hydrogen) atoms. The van der Waals surface area contributed by atoms with Crippen LogP contribution >= 0.6 is 11.8 Å². The minimum Gasteiger partial charge on any atom is -0.316 e. The number of nitrogens with one attached hydrogen (secondary N) is 1. The first-order chi connectivity index (χ1) is 6.90. The Bertz CT molecular complexity index is 276. The maximum Gasteiger partial charge on any atom is 0.0278 e. The van der Waals surface area contributed by atoms with Gasteiger partial charge in [-0.1, -0.05) is 6.42 Å². The summed E-state index contributed by atoms with van der Waals surface area (Å²) in [5, 5.41) is 4.14. The largest absolute Gasteiger partial charge is 0.316 e. The molecule has 0 aliphatic heterocycles.